The highest BCUT2D eigenvalue weighted by Gasteiger charge is 2.11. The second kappa shape index (κ2) is 3.65. The minimum Gasteiger partial charge on any atom is -0.348 e. The Labute approximate surface area is 66.3 Å². The molecule has 0 heterocycles. The molecule has 0 aliphatic heterocycles. The van der Waals surface area contributed by atoms with Crippen molar-refractivity contribution in [1.82, 2.24) is 0 Å². The summed E-state index contributed by atoms with van der Waals surface area (Å²) >= 11 is 10.7. The third-order valence-electron chi connectivity index (χ3n) is 0.642. The molecule has 3 heteroatoms. The van der Waals surface area contributed by atoms with Crippen LogP contribution in [0.3, 0.4) is 0 Å². The molecule has 0 atom stereocenters. The summed E-state index contributed by atoms with van der Waals surface area (Å²) in [4.78, 5) is 0. The van der Waals surface area contributed by atoms with E-state index in [2.05, 4.69) is 20.8 Å². The average Bonchev–Trinajstić information content (AvgIpc) is 1.59. The van der Waals surface area contributed by atoms with Crippen LogP contribution < -0.4 is 0 Å². The molecule has 0 N–H and O–H groups in total. The van der Waals surface area contributed by atoms with Gasteiger partial charge in [0.05, 0.1) is 6.61 Å². The Morgan fingerprint density at radius 1 is 1.33 bits per heavy atom. The van der Waals surface area contributed by atoms with Gasteiger partial charge < -0.3 is 4.74 Å². The molecule has 0 aliphatic rings. The quantitative estimate of drug-likeness (QED) is 0.580. The van der Waals surface area contributed by atoms with Gasteiger partial charge in [-0.15, -0.1) is 0 Å². The molecule has 0 fully saturated rings. The third kappa shape index (κ3) is 8.54. The van der Waals surface area contributed by atoms with E-state index in [1.165, 1.54) is 0 Å². The fourth-order valence-electron chi connectivity index (χ4n) is 0.313. The first-order chi connectivity index (χ1) is 3.92. The molecule has 0 aromatic carbocycles. The van der Waals surface area contributed by atoms with E-state index in [4.69, 9.17) is 27.9 Å². The fraction of sp³-hybridized carbons (Fsp3) is 1.00. The fourth-order valence-corrected chi connectivity index (χ4v) is 0.439. The number of ether oxygens (including phenoxy) is 1. The largest absolute Gasteiger partial charge is 0.348 e. The maximum atomic E-state index is 5.33. The summed E-state index contributed by atoms with van der Waals surface area (Å²) in [6.07, 6.45) is 0. The average molecular weight is 171 g/mol. The monoisotopic (exact) mass is 170 g/mol. The SMILES string of the molecule is CC(C)(C)COC(Cl)Cl. The Morgan fingerprint density at radius 3 is 1.89 bits per heavy atom. The Bertz CT molecular complexity index is 75.6. The number of halogens is 2. The van der Waals surface area contributed by atoms with Gasteiger partial charge in [-0.25, -0.2) is 0 Å². The lowest BCUT2D eigenvalue weighted by molar-refractivity contribution is 0.0850. The summed E-state index contributed by atoms with van der Waals surface area (Å²) in [5.41, 5.74) is 0.141. The van der Waals surface area contributed by atoms with Crippen LogP contribution in [0.4, 0.5) is 0 Å². The molecule has 9 heavy (non-hydrogen) atoms. The molecule has 0 unspecified atom stereocenters. The van der Waals surface area contributed by atoms with Gasteiger partial charge in [-0.05, 0) is 5.41 Å². The molecule has 0 amide bonds. The molecule has 1 nitrogen and oxygen atoms in total. The van der Waals surface area contributed by atoms with Crippen LogP contribution >= 0.6 is 23.2 Å². The lowest BCUT2D eigenvalue weighted by Gasteiger charge is -2.17. The van der Waals surface area contributed by atoms with Gasteiger partial charge in [-0.2, -0.15) is 0 Å². The summed E-state index contributed by atoms with van der Waals surface area (Å²) in [7, 11) is 0. The lowest BCUT2D eigenvalue weighted by atomic mass is 9.99. The Balaban J connectivity index is 3.28. The second-order valence-electron chi connectivity index (χ2n) is 3.13. The summed E-state index contributed by atoms with van der Waals surface area (Å²) in [5, 5.41) is -0.691. The molecule has 0 aromatic heterocycles. The number of hydrogen-bond acceptors (Lipinski definition) is 1. The maximum absolute atomic E-state index is 5.33. The second-order valence-corrected chi connectivity index (χ2v) is 4.15. The van der Waals surface area contributed by atoms with E-state index in [0.717, 1.165) is 0 Å². The molecule has 0 bridgehead atoms. The zero-order chi connectivity index (χ0) is 7.49. The highest BCUT2D eigenvalue weighted by molar-refractivity contribution is 6.43. The molecular formula is C6H12Cl2O. The molecular weight excluding hydrogens is 159 g/mol. The normalized spacial score (nSPS) is 12.7. The topological polar surface area (TPSA) is 9.23 Å². The molecule has 0 aromatic rings. The van der Waals surface area contributed by atoms with Gasteiger partial charge in [0, 0.05) is 0 Å². The molecule has 0 aliphatic carbocycles. The van der Waals surface area contributed by atoms with Crippen LogP contribution in [0.1, 0.15) is 20.8 Å². The van der Waals surface area contributed by atoms with Crippen molar-refractivity contribution in [2.75, 3.05) is 6.61 Å². The highest BCUT2D eigenvalue weighted by atomic mass is 35.5. The smallest absolute Gasteiger partial charge is 0.206 e. The van der Waals surface area contributed by atoms with Crippen molar-refractivity contribution in [3.8, 4) is 0 Å². The Morgan fingerprint density at radius 2 is 1.78 bits per heavy atom. The molecule has 0 rings (SSSR count). The van der Waals surface area contributed by atoms with Gasteiger partial charge in [0.2, 0.25) is 5.02 Å². The van der Waals surface area contributed by atoms with E-state index in [1.54, 1.807) is 0 Å². The molecule has 0 saturated heterocycles. The Kier molecular flexibility index (Phi) is 3.86. The molecule has 56 valence electrons. The van der Waals surface area contributed by atoms with Gasteiger partial charge in [-0.3, -0.25) is 0 Å². The van der Waals surface area contributed by atoms with Gasteiger partial charge in [-0.1, -0.05) is 44.0 Å². The van der Waals surface area contributed by atoms with Crippen molar-refractivity contribution in [3.63, 3.8) is 0 Å². The Hall–Kier alpha value is 0.540. The van der Waals surface area contributed by atoms with Crippen molar-refractivity contribution in [1.29, 1.82) is 0 Å². The first-order valence-corrected chi connectivity index (χ1v) is 3.69. The molecule has 0 saturated carbocycles. The number of rotatable bonds is 2. The maximum Gasteiger partial charge on any atom is 0.206 e. The lowest BCUT2D eigenvalue weighted by Crippen LogP contribution is -2.15. The van der Waals surface area contributed by atoms with Crippen molar-refractivity contribution < 1.29 is 4.74 Å². The van der Waals surface area contributed by atoms with Crippen molar-refractivity contribution >= 4 is 23.2 Å². The predicted molar refractivity (Wildman–Crippen MR) is 40.9 cm³/mol. The van der Waals surface area contributed by atoms with Gasteiger partial charge in [0.15, 0.2) is 0 Å². The van der Waals surface area contributed by atoms with Crippen LogP contribution in [0, 0.1) is 5.41 Å². The van der Waals surface area contributed by atoms with E-state index in [0.29, 0.717) is 6.61 Å². The zero-order valence-corrected chi connectivity index (χ0v) is 7.46. The minimum atomic E-state index is -0.691. The van der Waals surface area contributed by atoms with Gasteiger partial charge in [0.1, 0.15) is 0 Å². The molecule has 0 radical (unpaired) electrons. The number of hydrogen-bond donors (Lipinski definition) is 0. The van der Waals surface area contributed by atoms with Crippen LogP contribution in [0.25, 0.3) is 0 Å². The van der Waals surface area contributed by atoms with Crippen LogP contribution in [0.5, 0.6) is 0 Å². The van der Waals surface area contributed by atoms with E-state index < -0.39 is 5.02 Å². The van der Waals surface area contributed by atoms with Gasteiger partial charge in [0.25, 0.3) is 0 Å². The van der Waals surface area contributed by atoms with Crippen LogP contribution in [-0.2, 0) is 4.74 Å². The van der Waals surface area contributed by atoms with Crippen LogP contribution in [0.2, 0.25) is 0 Å². The predicted octanol–water partition coefficient (Wildman–Crippen LogP) is 2.81. The first-order valence-electron chi connectivity index (χ1n) is 2.81. The van der Waals surface area contributed by atoms with E-state index in [1.807, 2.05) is 0 Å². The van der Waals surface area contributed by atoms with E-state index >= 15 is 0 Å². The van der Waals surface area contributed by atoms with Crippen LogP contribution in [0.15, 0.2) is 0 Å². The standard InChI is InChI=1S/C6H12Cl2O/c1-6(2,3)4-9-5(7)8/h5H,4H2,1-3H3. The van der Waals surface area contributed by atoms with Crippen molar-refractivity contribution in [3.05, 3.63) is 0 Å². The highest BCUT2D eigenvalue weighted by Crippen LogP contribution is 2.16. The summed E-state index contributed by atoms with van der Waals surface area (Å²) in [6, 6.07) is 0. The van der Waals surface area contributed by atoms with Crippen LogP contribution in [-0.4, -0.2) is 11.6 Å². The van der Waals surface area contributed by atoms with Crippen molar-refractivity contribution in [2.45, 2.75) is 25.8 Å². The summed E-state index contributed by atoms with van der Waals surface area (Å²) in [6.45, 7) is 6.76. The van der Waals surface area contributed by atoms with Crippen molar-refractivity contribution in [2.24, 2.45) is 5.41 Å². The number of alkyl halides is 2. The summed E-state index contributed by atoms with van der Waals surface area (Å²) < 4.78 is 4.94. The van der Waals surface area contributed by atoms with E-state index in [9.17, 15) is 0 Å². The first kappa shape index (κ1) is 9.54. The minimum absolute atomic E-state index is 0.141. The zero-order valence-electron chi connectivity index (χ0n) is 5.95. The third-order valence-corrected chi connectivity index (χ3v) is 0.894. The van der Waals surface area contributed by atoms with E-state index in [-0.39, 0.29) is 5.41 Å². The summed E-state index contributed by atoms with van der Waals surface area (Å²) in [5.74, 6) is 0. The molecule has 0 spiro atoms. The van der Waals surface area contributed by atoms with Gasteiger partial charge >= 0.3 is 0 Å².